The summed E-state index contributed by atoms with van der Waals surface area (Å²) in [6.45, 7) is 0. The van der Waals surface area contributed by atoms with Gasteiger partial charge in [-0.3, -0.25) is 0 Å². The van der Waals surface area contributed by atoms with Gasteiger partial charge < -0.3 is 4.90 Å². The van der Waals surface area contributed by atoms with Crippen LogP contribution in [-0.4, -0.2) is 15.0 Å². The third-order valence-corrected chi connectivity index (χ3v) is 11.8. The van der Waals surface area contributed by atoms with Crippen LogP contribution in [0.25, 0.3) is 74.5 Å². The smallest absolute Gasteiger partial charge is 0.165 e. The Balaban J connectivity index is 1.12. The molecule has 0 aliphatic carbocycles. The summed E-state index contributed by atoms with van der Waals surface area (Å²) in [5.41, 5.74) is 6.20. The first-order valence-corrected chi connectivity index (χ1v) is 18.5. The standard InChI is InChI=1S/C45H28N4S2/c1-3-13-29(14-4-1)43-46-44(48-45(47-43)37-21-11-19-35-33-17-7-9-23-39(33)50-41(35)37)30-25-27-32(28-26-30)49(31-15-5-2-6-16-31)38-22-12-20-36-34-18-8-10-24-40(34)51-42(36)38/h1-28H. The van der Waals surface area contributed by atoms with Crippen LogP contribution in [0, 0.1) is 0 Å². The number of rotatable bonds is 6. The van der Waals surface area contributed by atoms with E-state index < -0.39 is 0 Å². The molecule has 10 rings (SSSR count). The summed E-state index contributed by atoms with van der Waals surface area (Å²) in [4.78, 5) is 17.6. The first-order valence-electron chi connectivity index (χ1n) is 16.9. The Bertz CT molecular complexity index is 2860. The van der Waals surface area contributed by atoms with Gasteiger partial charge in [0.15, 0.2) is 17.5 Å². The number of hydrogen-bond donors (Lipinski definition) is 0. The molecular weight excluding hydrogens is 661 g/mol. The van der Waals surface area contributed by atoms with Crippen LogP contribution in [0.3, 0.4) is 0 Å². The summed E-state index contributed by atoms with van der Waals surface area (Å²) in [7, 11) is 0. The first-order chi connectivity index (χ1) is 25.3. The predicted molar refractivity (Wildman–Crippen MR) is 217 cm³/mol. The van der Waals surface area contributed by atoms with Crippen molar-refractivity contribution in [3.63, 3.8) is 0 Å². The van der Waals surface area contributed by atoms with Crippen LogP contribution in [0.4, 0.5) is 17.1 Å². The van der Waals surface area contributed by atoms with E-state index in [0.717, 1.165) is 33.8 Å². The van der Waals surface area contributed by atoms with Gasteiger partial charge in [0.25, 0.3) is 0 Å². The number of anilines is 3. The summed E-state index contributed by atoms with van der Waals surface area (Å²) in [5, 5.41) is 5.02. The van der Waals surface area contributed by atoms with Gasteiger partial charge in [0.05, 0.1) is 10.4 Å². The first kappa shape index (κ1) is 29.7. The molecule has 0 saturated heterocycles. The molecule has 240 valence electrons. The van der Waals surface area contributed by atoms with Crippen molar-refractivity contribution in [2.24, 2.45) is 0 Å². The van der Waals surface area contributed by atoms with Crippen LogP contribution in [0.5, 0.6) is 0 Å². The Hall–Kier alpha value is -6.21. The fourth-order valence-corrected chi connectivity index (χ4v) is 9.36. The van der Waals surface area contributed by atoms with E-state index in [4.69, 9.17) is 15.0 Å². The van der Waals surface area contributed by atoms with E-state index in [1.165, 1.54) is 40.3 Å². The minimum atomic E-state index is 0.640. The van der Waals surface area contributed by atoms with Gasteiger partial charge in [-0.25, -0.2) is 15.0 Å². The molecule has 0 unspecified atom stereocenters. The molecule has 0 bridgehead atoms. The van der Waals surface area contributed by atoms with E-state index in [2.05, 4.69) is 157 Å². The largest absolute Gasteiger partial charge is 0.309 e. The second kappa shape index (κ2) is 12.3. The lowest BCUT2D eigenvalue weighted by Crippen LogP contribution is -2.10. The summed E-state index contributed by atoms with van der Waals surface area (Å²) >= 11 is 3.62. The summed E-state index contributed by atoms with van der Waals surface area (Å²) in [6.07, 6.45) is 0. The highest BCUT2D eigenvalue weighted by Crippen LogP contribution is 2.45. The molecule has 7 aromatic carbocycles. The number of fused-ring (bicyclic) bond motifs is 6. The van der Waals surface area contributed by atoms with Crippen LogP contribution >= 0.6 is 22.7 Å². The molecule has 10 aromatic rings. The van der Waals surface area contributed by atoms with Crippen molar-refractivity contribution in [2.75, 3.05) is 4.90 Å². The van der Waals surface area contributed by atoms with Gasteiger partial charge in [0.2, 0.25) is 0 Å². The van der Waals surface area contributed by atoms with Crippen molar-refractivity contribution in [3.8, 4) is 34.2 Å². The van der Waals surface area contributed by atoms with Crippen LogP contribution in [0.2, 0.25) is 0 Å². The second-order valence-electron chi connectivity index (χ2n) is 12.4. The Morgan fingerprint density at radius 3 is 1.53 bits per heavy atom. The molecule has 0 spiro atoms. The average Bonchev–Trinajstić information content (AvgIpc) is 3.78. The highest BCUT2D eigenvalue weighted by molar-refractivity contribution is 7.26. The van der Waals surface area contributed by atoms with Crippen molar-refractivity contribution >= 4 is 80.1 Å². The summed E-state index contributed by atoms with van der Waals surface area (Å²) < 4.78 is 4.98. The average molecular weight is 689 g/mol. The maximum Gasteiger partial charge on any atom is 0.165 e. The number of hydrogen-bond acceptors (Lipinski definition) is 6. The van der Waals surface area contributed by atoms with E-state index in [9.17, 15) is 0 Å². The molecule has 3 aromatic heterocycles. The Morgan fingerprint density at radius 2 is 0.843 bits per heavy atom. The number of nitrogens with zero attached hydrogens (tertiary/aromatic N) is 4. The van der Waals surface area contributed by atoms with Gasteiger partial charge in [-0.2, -0.15) is 0 Å². The van der Waals surface area contributed by atoms with Gasteiger partial charge >= 0.3 is 0 Å². The molecule has 3 heterocycles. The van der Waals surface area contributed by atoms with Crippen LogP contribution < -0.4 is 4.90 Å². The van der Waals surface area contributed by atoms with Crippen molar-refractivity contribution < 1.29 is 0 Å². The fraction of sp³-hybridized carbons (Fsp3) is 0. The Kier molecular flexibility index (Phi) is 7.15. The van der Waals surface area contributed by atoms with E-state index in [0.29, 0.717) is 17.5 Å². The van der Waals surface area contributed by atoms with Crippen molar-refractivity contribution in [2.45, 2.75) is 0 Å². The lowest BCUT2D eigenvalue weighted by molar-refractivity contribution is 1.08. The van der Waals surface area contributed by atoms with Gasteiger partial charge in [-0.05, 0) is 60.7 Å². The van der Waals surface area contributed by atoms with Gasteiger partial charge in [-0.1, -0.05) is 109 Å². The molecule has 0 fully saturated rings. The zero-order chi connectivity index (χ0) is 33.7. The molecule has 6 heteroatoms. The number of para-hydroxylation sites is 1. The third-order valence-electron chi connectivity index (χ3n) is 9.34. The third kappa shape index (κ3) is 5.16. The molecule has 4 nitrogen and oxygen atoms in total. The lowest BCUT2D eigenvalue weighted by atomic mass is 10.1. The molecule has 0 aliphatic heterocycles. The summed E-state index contributed by atoms with van der Waals surface area (Å²) in [6, 6.07) is 59.6. The van der Waals surface area contributed by atoms with E-state index in [1.807, 2.05) is 29.5 Å². The highest BCUT2D eigenvalue weighted by atomic mass is 32.1. The molecule has 0 saturated carbocycles. The van der Waals surface area contributed by atoms with Crippen LogP contribution in [0.1, 0.15) is 0 Å². The highest BCUT2D eigenvalue weighted by Gasteiger charge is 2.20. The molecule has 0 N–H and O–H groups in total. The SMILES string of the molecule is c1ccc(-c2nc(-c3ccc(N(c4ccccc4)c4cccc5c4sc4ccccc45)cc3)nc(-c3cccc4c3sc3ccccc34)n2)cc1. The van der Waals surface area contributed by atoms with Crippen LogP contribution in [0.15, 0.2) is 170 Å². The molecule has 0 atom stereocenters. The number of benzene rings is 7. The Morgan fingerprint density at radius 1 is 0.353 bits per heavy atom. The van der Waals surface area contributed by atoms with Crippen molar-refractivity contribution in [1.29, 1.82) is 0 Å². The number of aromatic nitrogens is 3. The van der Waals surface area contributed by atoms with Crippen molar-refractivity contribution in [3.05, 3.63) is 170 Å². The van der Waals surface area contributed by atoms with Gasteiger partial charge in [0, 0.05) is 63.7 Å². The van der Waals surface area contributed by atoms with Gasteiger partial charge in [-0.15, -0.1) is 22.7 Å². The predicted octanol–water partition coefficient (Wildman–Crippen LogP) is 13.1. The quantitative estimate of drug-likeness (QED) is 0.174. The molecular formula is C45H28N4S2. The van der Waals surface area contributed by atoms with E-state index in [1.54, 1.807) is 11.3 Å². The minimum Gasteiger partial charge on any atom is -0.309 e. The van der Waals surface area contributed by atoms with E-state index >= 15 is 0 Å². The monoisotopic (exact) mass is 688 g/mol. The Labute approximate surface area is 302 Å². The molecule has 0 radical (unpaired) electrons. The maximum atomic E-state index is 5.15. The molecule has 51 heavy (non-hydrogen) atoms. The van der Waals surface area contributed by atoms with Crippen LogP contribution in [-0.2, 0) is 0 Å². The fourth-order valence-electron chi connectivity index (χ4n) is 6.94. The maximum absolute atomic E-state index is 5.15. The summed E-state index contributed by atoms with van der Waals surface area (Å²) in [5.74, 6) is 1.96. The minimum absolute atomic E-state index is 0.640. The molecule has 0 aliphatic rings. The lowest BCUT2D eigenvalue weighted by Gasteiger charge is -2.26. The van der Waals surface area contributed by atoms with Gasteiger partial charge in [0.1, 0.15) is 0 Å². The second-order valence-corrected chi connectivity index (χ2v) is 14.5. The number of thiophene rings is 2. The zero-order valence-electron chi connectivity index (χ0n) is 27.3. The molecule has 0 amide bonds. The zero-order valence-corrected chi connectivity index (χ0v) is 28.9. The van der Waals surface area contributed by atoms with Crippen molar-refractivity contribution in [1.82, 2.24) is 15.0 Å². The van der Waals surface area contributed by atoms with E-state index in [-0.39, 0.29) is 0 Å². The normalized spacial score (nSPS) is 11.5. The topological polar surface area (TPSA) is 41.9 Å².